The summed E-state index contributed by atoms with van der Waals surface area (Å²) < 4.78 is 75.8. The van der Waals surface area contributed by atoms with E-state index in [-0.39, 0.29) is 50.4 Å². The van der Waals surface area contributed by atoms with Crippen molar-refractivity contribution in [2.45, 2.75) is 136 Å². The standard InChI is InChI=1S/C50H71F3N8O9/c1-30(66-8)42-37(24-34(27-54-42)58-19-17-57(18-20-58)32-12-13-32)43-38(26-50(6,7)29-69-31(2)62)36-23-33(14-15-41(36)61(43)45(53)44(51)52)59-21-22-68-35(28-59)25-40(55-48(65)70-49(3,4)5)46(63)60-16-10-11-39(56-60)47(64)67-9/h14-15,23-24,27,30,32,35,39-40,44-45,56H,10-13,16-22,25-26,28-29H2,1-9H3,(H,55,65)/t30-,35?,39?,40?,45?/m0/s1. The van der Waals surface area contributed by atoms with Crippen molar-refractivity contribution in [3.05, 3.63) is 41.7 Å². The number of hydrogen-bond acceptors (Lipinski definition) is 14. The van der Waals surface area contributed by atoms with Gasteiger partial charge in [0.2, 0.25) is 6.30 Å². The number of rotatable bonds is 17. The molecule has 1 aliphatic carbocycles. The Labute approximate surface area is 408 Å². The molecule has 5 heterocycles. The maximum absolute atomic E-state index is 16.7. The molecule has 4 aliphatic rings. The summed E-state index contributed by atoms with van der Waals surface area (Å²) in [5.41, 5.74) is 4.75. The molecule has 0 bridgehead atoms. The molecule has 1 saturated carbocycles. The third-order valence-corrected chi connectivity index (χ3v) is 13.4. The van der Waals surface area contributed by atoms with Gasteiger partial charge in [-0.3, -0.25) is 29.3 Å². The number of methoxy groups -OCH3 is 2. The van der Waals surface area contributed by atoms with Crippen LogP contribution in [-0.4, -0.2) is 153 Å². The highest BCUT2D eigenvalue weighted by Crippen LogP contribution is 2.45. The predicted octanol–water partition coefficient (Wildman–Crippen LogP) is 6.72. The number of anilines is 2. The molecule has 1 aromatic carbocycles. The molecular formula is C50H71F3N8O9. The fraction of sp³-hybridized carbons (Fsp3) is 0.660. The molecule has 386 valence electrons. The van der Waals surface area contributed by atoms with E-state index in [1.807, 2.05) is 37.8 Å². The van der Waals surface area contributed by atoms with Crippen LogP contribution in [-0.2, 0) is 44.5 Å². The number of carbonyl (C=O) groups is 4. The van der Waals surface area contributed by atoms with Crippen molar-refractivity contribution in [3.63, 3.8) is 0 Å². The van der Waals surface area contributed by atoms with Crippen LogP contribution in [0.4, 0.5) is 29.3 Å². The summed E-state index contributed by atoms with van der Waals surface area (Å²) in [7, 11) is 2.81. The van der Waals surface area contributed by atoms with Gasteiger partial charge in [0.25, 0.3) is 12.3 Å². The number of alkyl carbamates (subject to hydrolysis) is 1. The number of esters is 2. The Morgan fingerprint density at radius 2 is 1.67 bits per heavy atom. The third kappa shape index (κ3) is 12.6. The van der Waals surface area contributed by atoms with Gasteiger partial charge in [-0.1, -0.05) is 13.8 Å². The molecule has 3 aliphatic heterocycles. The number of nitrogens with zero attached hydrogens (tertiary/aromatic N) is 6. The SMILES string of the molecule is COC(=O)C1CCCN(C(=O)C(CC2CN(c3ccc4c(c3)c(CC(C)(C)COC(C)=O)c(-c3cc(N5CCN(C6CC6)CC5)cnc3[C@H](C)OC)n4C(F)C(F)F)CCO2)NC(=O)OC(C)(C)C)N1. The van der Waals surface area contributed by atoms with Crippen molar-refractivity contribution < 1.29 is 56.0 Å². The Balaban J connectivity index is 1.28. The van der Waals surface area contributed by atoms with Gasteiger partial charge in [-0.25, -0.2) is 23.4 Å². The van der Waals surface area contributed by atoms with E-state index in [1.165, 1.54) is 39.0 Å². The van der Waals surface area contributed by atoms with E-state index in [9.17, 15) is 19.2 Å². The van der Waals surface area contributed by atoms with Crippen LogP contribution in [0.25, 0.3) is 22.2 Å². The monoisotopic (exact) mass is 985 g/mol. The van der Waals surface area contributed by atoms with Crippen LogP contribution >= 0.6 is 0 Å². The maximum atomic E-state index is 16.7. The fourth-order valence-corrected chi connectivity index (χ4v) is 9.76. The van der Waals surface area contributed by atoms with E-state index in [0.717, 1.165) is 36.4 Å². The highest BCUT2D eigenvalue weighted by molar-refractivity contribution is 5.95. The van der Waals surface area contributed by atoms with Crippen LogP contribution in [0.1, 0.15) is 104 Å². The number of hydrogen-bond donors (Lipinski definition) is 2. The number of ether oxygens (including phenoxy) is 5. The molecular weight excluding hydrogens is 914 g/mol. The average Bonchev–Trinajstić information content (AvgIpc) is 4.14. The van der Waals surface area contributed by atoms with E-state index < -0.39 is 72.0 Å². The van der Waals surface area contributed by atoms with E-state index in [1.54, 1.807) is 39.1 Å². The number of alkyl halides is 3. The number of morpholine rings is 1. The summed E-state index contributed by atoms with van der Waals surface area (Å²) in [6.07, 6.45) is -2.76. The quantitative estimate of drug-likeness (QED) is 0.108. The number of nitrogens with one attached hydrogen (secondary N) is 2. The highest BCUT2D eigenvalue weighted by Gasteiger charge is 2.39. The van der Waals surface area contributed by atoms with Crippen LogP contribution < -0.4 is 20.5 Å². The molecule has 7 rings (SSSR count). The van der Waals surface area contributed by atoms with Gasteiger partial charge in [0.1, 0.15) is 17.7 Å². The zero-order valence-corrected chi connectivity index (χ0v) is 42.0. The zero-order chi connectivity index (χ0) is 50.7. The summed E-state index contributed by atoms with van der Waals surface area (Å²) in [6.45, 7) is 16.5. The number of piperazine rings is 1. The van der Waals surface area contributed by atoms with Gasteiger partial charge in [0, 0.05) is 94.4 Å². The number of benzene rings is 1. The Morgan fingerprint density at radius 1 is 0.943 bits per heavy atom. The lowest BCUT2D eigenvalue weighted by molar-refractivity contribution is -0.150. The second-order valence-corrected chi connectivity index (χ2v) is 20.7. The number of carbonyl (C=O) groups excluding carboxylic acids is 4. The third-order valence-electron chi connectivity index (χ3n) is 13.4. The first-order chi connectivity index (χ1) is 33.2. The minimum Gasteiger partial charge on any atom is -0.468 e. The number of halogens is 3. The second kappa shape index (κ2) is 22.1. The number of fused-ring (bicyclic) bond motifs is 1. The zero-order valence-electron chi connectivity index (χ0n) is 42.0. The summed E-state index contributed by atoms with van der Waals surface area (Å²) in [6, 6.07) is 5.95. The van der Waals surface area contributed by atoms with E-state index >= 15 is 13.2 Å². The molecule has 2 aromatic heterocycles. The Morgan fingerprint density at radius 3 is 2.31 bits per heavy atom. The summed E-state index contributed by atoms with van der Waals surface area (Å²) >= 11 is 0. The summed E-state index contributed by atoms with van der Waals surface area (Å²) in [4.78, 5) is 63.6. The van der Waals surface area contributed by atoms with Crippen molar-refractivity contribution in [2.75, 3.05) is 83.0 Å². The molecule has 0 spiro atoms. The topological polar surface area (TPSA) is 169 Å². The molecule has 70 heavy (non-hydrogen) atoms. The minimum atomic E-state index is -3.39. The van der Waals surface area contributed by atoms with E-state index in [4.69, 9.17) is 28.7 Å². The van der Waals surface area contributed by atoms with Gasteiger partial charge < -0.3 is 43.4 Å². The van der Waals surface area contributed by atoms with Crippen molar-refractivity contribution in [1.82, 2.24) is 30.2 Å². The molecule has 5 atom stereocenters. The van der Waals surface area contributed by atoms with Crippen LogP contribution in [0.5, 0.6) is 0 Å². The van der Waals surface area contributed by atoms with Crippen molar-refractivity contribution in [1.29, 1.82) is 0 Å². The summed E-state index contributed by atoms with van der Waals surface area (Å²) in [5, 5.41) is 4.58. The van der Waals surface area contributed by atoms with Gasteiger partial charge in [0.15, 0.2) is 0 Å². The number of amides is 2. The van der Waals surface area contributed by atoms with Crippen LogP contribution in [0.3, 0.4) is 0 Å². The molecule has 2 amide bonds. The lowest BCUT2D eigenvalue weighted by Crippen LogP contribution is -2.61. The van der Waals surface area contributed by atoms with Gasteiger partial charge in [0.05, 0.1) is 61.3 Å². The van der Waals surface area contributed by atoms with Crippen molar-refractivity contribution in [2.24, 2.45) is 5.41 Å². The lowest BCUT2D eigenvalue weighted by Gasteiger charge is -2.38. The Hall–Kier alpha value is -5.18. The van der Waals surface area contributed by atoms with Gasteiger partial charge >= 0.3 is 18.0 Å². The van der Waals surface area contributed by atoms with Gasteiger partial charge in [-0.2, -0.15) is 0 Å². The highest BCUT2D eigenvalue weighted by atomic mass is 19.3. The van der Waals surface area contributed by atoms with Crippen LogP contribution in [0.2, 0.25) is 0 Å². The predicted molar refractivity (Wildman–Crippen MR) is 257 cm³/mol. The minimum absolute atomic E-state index is 0.00554. The smallest absolute Gasteiger partial charge is 0.408 e. The molecule has 17 nitrogen and oxygen atoms in total. The first-order valence-corrected chi connectivity index (χ1v) is 24.4. The number of hydrazine groups is 1. The second-order valence-electron chi connectivity index (χ2n) is 20.7. The molecule has 3 saturated heterocycles. The lowest BCUT2D eigenvalue weighted by atomic mass is 9.84. The van der Waals surface area contributed by atoms with Crippen molar-refractivity contribution >= 4 is 46.2 Å². The Kier molecular flexibility index (Phi) is 16.6. The Bertz CT molecular complexity index is 2350. The molecule has 4 fully saturated rings. The first kappa shape index (κ1) is 52.6. The average molecular weight is 985 g/mol. The van der Waals surface area contributed by atoms with Crippen LogP contribution in [0.15, 0.2) is 30.5 Å². The van der Waals surface area contributed by atoms with Gasteiger partial charge in [-0.15, -0.1) is 0 Å². The molecule has 4 unspecified atom stereocenters. The van der Waals surface area contributed by atoms with E-state index in [0.29, 0.717) is 53.3 Å². The molecule has 2 N–H and O–H groups in total. The first-order valence-electron chi connectivity index (χ1n) is 24.4. The maximum Gasteiger partial charge on any atom is 0.408 e. The summed E-state index contributed by atoms with van der Waals surface area (Å²) in [5.74, 6) is -1.48. The van der Waals surface area contributed by atoms with E-state index in [2.05, 4.69) is 20.5 Å². The van der Waals surface area contributed by atoms with Crippen molar-refractivity contribution in [3.8, 4) is 11.3 Å². The number of aromatic nitrogens is 2. The number of pyridine rings is 1. The fourth-order valence-electron chi connectivity index (χ4n) is 9.76. The largest absolute Gasteiger partial charge is 0.468 e. The molecule has 0 radical (unpaired) electrons. The molecule has 20 heteroatoms. The van der Waals surface area contributed by atoms with Gasteiger partial charge in [-0.05, 0) is 89.6 Å². The van der Waals surface area contributed by atoms with Crippen LogP contribution in [0, 0.1) is 5.41 Å². The normalized spacial score (nSPS) is 20.8. The molecule has 3 aromatic rings.